The minimum absolute atomic E-state index is 0.619. The molecule has 12 aromatic rings. The minimum atomic E-state index is 0.619. The van der Waals surface area contributed by atoms with Crippen molar-refractivity contribution in [1.29, 1.82) is 0 Å². The lowest BCUT2D eigenvalue weighted by Crippen LogP contribution is -2.10. The Morgan fingerprint density at radius 1 is 0.414 bits per heavy atom. The van der Waals surface area contributed by atoms with Gasteiger partial charge < -0.3 is 18.3 Å². The van der Waals surface area contributed by atoms with Crippen LogP contribution in [0.25, 0.3) is 93.9 Å². The Labute approximate surface area is 333 Å². The first-order valence-electron chi connectivity index (χ1n) is 19.5. The van der Waals surface area contributed by atoms with E-state index in [-0.39, 0.29) is 0 Å². The molecule has 0 aliphatic rings. The van der Waals surface area contributed by atoms with Gasteiger partial charge in [-0.1, -0.05) is 115 Å². The van der Waals surface area contributed by atoms with Gasteiger partial charge in [-0.15, -0.1) is 0 Å². The van der Waals surface area contributed by atoms with Crippen molar-refractivity contribution in [2.24, 2.45) is 0 Å². The van der Waals surface area contributed by atoms with Gasteiger partial charge in [0.05, 0.1) is 11.0 Å². The maximum atomic E-state index is 6.44. The van der Waals surface area contributed by atoms with Crippen molar-refractivity contribution in [3.63, 3.8) is 0 Å². The van der Waals surface area contributed by atoms with Crippen LogP contribution in [0.15, 0.2) is 209 Å². The van der Waals surface area contributed by atoms with E-state index in [0.717, 1.165) is 88.8 Å². The molecule has 0 spiro atoms. The number of benzene rings is 9. The van der Waals surface area contributed by atoms with Gasteiger partial charge in [0.1, 0.15) is 16.7 Å². The Morgan fingerprint density at radius 2 is 1.09 bits per heavy atom. The van der Waals surface area contributed by atoms with E-state index in [1.807, 2.05) is 48.5 Å². The van der Waals surface area contributed by atoms with Crippen LogP contribution in [-0.2, 0) is 0 Å². The number of nitrogens with zero attached hydrogens (tertiary/aromatic N) is 3. The molecule has 272 valence electrons. The molecular formula is C53H33N3O2. The normalized spacial score (nSPS) is 11.8. The number of para-hydroxylation sites is 3. The summed E-state index contributed by atoms with van der Waals surface area (Å²) in [6, 6.07) is 70.4. The number of furan rings is 1. The smallest absolute Gasteiger partial charge is 0.227 e. The standard InChI is InChI=1S/C53H33N3O2/c1-3-12-36(13-4-1)53-54-52-49(58-53)31-24-35-14-11-19-41(51(35)52)34-22-25-38(26-23-34)55(40-28-30-45-44-18-8-10-21-48(44)57-50(45)33-40)39-27-29-43-42-17-7-9-20-46(42)56(47(43)32-39)37-15-5-2-6-16-37/h1-33H. The molecule has 9 aromatic carbocycles. The molecule has 0 atom stereocenters. The summed E-state index contributed by atoms with van der Waals surface area (Å²) in [5.74, 6) is 0.619. The number of aromatic nitrogens is 2. The second-order valence-electron chi connectivity index (χ2n) is 14.8. The molecule has 58 heavy (non-hydrogen) atoms. The number of anilines is 3. The third kappa shape index (κ3) is 5.07. The zero-order chi connectivity index (χ0) is 38.2. The third-order valence-electron chi connectivity index (χ3n) is 11.4. The van der Waals surface area contributed by atoms with E-state index in [1.54, 1.807) is 0 Å². The summed E-state index contributed by atoms with van der Waals surface area (Å²) in [6.07, 6.45) is 0. The van der Waals surface area contributed by atoms with E-state index >= 15 is 0 Å². The lowest BCUT2D eigenvalue weighted by Gasteiger charge is -2.26. The van der Waals surface area contributed by atoms with Crippen LogP contribution in [0.4, 0.5) is 17.1 Å². The van der Waals surface area contributed by atoms with Crippen molar-refractivity contribution in [2.45, 2.75) is 0 Å². The highest BCUT2D eigenvalue weighted by Crippen LogP contribution is 2.43. The Balaban J connectivity index is 1.04. The van der Waals surface area contributed by atoms with Gasteiger partial charge in [-0.05, 0) is 95.4 Å². The fourth-order valence-corrected chi connectivity index (χ4v) is 8.75. The molecule has 5 nitrogen and oxygen atoms in total. The van der Waals surface area contributed by atoms with Gasteiger partial charge in [0.15, 0.2) is 5.58 Å². The van der Waals surface area contributed by atoms with E-state index < -0.39 is 0 Å². The highest BCUT2D eigenvalue weighted by molar-refractivity contribution is 6.13. The topological polar surface area (TPSA) is 47.3 Å². The number of rotatable bonds is 6. The molecule has 0 fully saturated rings. The van der Waals surface area contributed by atoms with Gasteiger partial charge in [-0.3, -0.25) is 0 Å². The van der Waals surface area contributed by atoms with Gasteiger partial charge >= 0.3 is 0 Å². The van der Waals surface area contributed by atoms with Crippen LogP contribution in [0.2, 0.25) is 0 Å². The Morgan fingerprint density at radius 3 is 1.93 bits per heavy atom. The van der Waals surface area contributed by atoms with Gasteiger partial charge in [0, 0.05) is 61.3 Å². The van der Waals surface area contributed by atoms with Crippen molar-refractivity contribution in [3.8, 4) is 28.3 Å². The molecule has 0 amide bonds. The van der Waals surface area contributed by atoms with E-state index in [0.29, 0.717) is 5.89 Å². The number of hydrogen-bond acceptors (Lipinski definition) is 4. The summed E-state index contributed by atoms with van der Waals surface area (Å²) in [6.45, 7) is 0. The van der Waals surface area contributed by atoms with Crippen LogP contribution in [0, 0.1) is 0 Å². The second-order valence-corrected chi connectivity index (χ2v) is 14.8. The molecule has 0 radical (unpaired) electrons. The first-order chi connectivity index (χ1) is 28.7. The van der Waals surface area contributed by atoms with Gasteiger partial charge in [-0.25, -0.2) is 4.98 Å². The van der Waals surface area contributed by atoms with Crippen molar-refractivity contribution in [2.75, 3.05) is 4.90 Å². The number of fused-ring (bicyclic) bond motifs is 9. The molecule has 3 heterocycles. The third-order valence-corrected chi connectivity index (χ3v) is 11.4. The summed E-state index contributed by atoms with van der Waals surface area (Å²) in [7, 11) is 0. The molecule has 12 rings (SSSR count). The monoisotopic (exact) mass is 743 g/mol. The zero-order valence-corrected chi connectivity index (χ0v) is 31.2. The molecule has 0 saturated heterocycles. The molecule has 3 aromatic heterocycles. The van der Waals surface area contributed by atoms with Crippen LogP contribution >= 0.6 is 0 Å². The average molecular weight is 744 g/mol. The Kier molecular flexibility index (Phi) is 7.16. The summed E-state index contributed by atoms with van der Waals surface area (Å²) < 4.78 is 15.1. The van der Waals surface area contributed by atoms with Crippen molar-refractivity contribution in [3.05, 3.63) is 200 Å². The quantitative estimate of drug-likeness (QED) is 0.170. The predicted molar refractivity (Wildman–Crippen MR) is 239 cm³/mol. The van der Waals surface area contributed by atoms with Crippen LogP contribution in [0.1, 0.15) is 0 Å². The molecule has 5 heteroatoms. The van der Waals surface area contributed by atoms with E-state index in [2.05, 4.69) is 161 Å². The van der Waals surface area contributed by atoms with E-state index in [9.17, 15) is 0 Å². The van der Waals surface area contributed by atoms with E-state index in [4.69, 9.17) is 13.8 Å². The molecule has 0 aliphatic heterocycles. The first kappa shape index (κ1) is 32.4. The molecule has 0 saturated carbocycles. The van der Waals surface area contributed by atoms with Crippen molar-refractivity contribution >= 4 is 82.7 Å². The predicted octanol–water partition coefficient (Wildman–Crippen LogP) is 14.8. The molecule has 0 bridgehead atoms. The number of hydrogen-bond donors (Lipinski definition) is 0. The maximum absolute atomic E-state index is 6.44. The zero-order valence-electron chi connectivity index (χ0n) is 31.2. The fraction of sp³-hybridized carbons (Fsp3) is 0. The first-order valence-corrected chi connectivity index (χ1v) is 19.5. The SMILES string of the molecule is c1ccc(-c2nc3c(ccc4cccc(-c5ccc(N(c6ccc7c(c6)oc6ccccc67)c6ccc7c8ccccc8n(-c8ccccc8)c7c6)cc5)c43)o2)cc1. The maximum Gasteiger partial charge on any atom is 0.227 e. The molecule has 0 unspecified atom stereocenters. The fourth-order valence-electron chi connectivity index (χ4n) is 8.75. The van der Waals surface area contributed by atoms with Gasteiger partial charge in [0.25, 0.3) is 0 Å². The van der Waals surface area contributed by atoms with Crippen LogP contribution < -0.4 is 4.90 Å². The Bertz CT molecular complexity index is 3510. The summed E-state index contributed by atoms with van der Waals surface area (Å²) in [5, 5.41) is 6.83. The number of oxazole rings is 1. The molecular weight excluding hydrogens is 711 g/mol. The lowest BCUT2D eigenvalue weighted by molar-refractivity contribution is 0.620. The van der Waals surface area contributed by atoms with Crippen molar-refractivity contribution < 1.29 is 8.83 Å². The highest BCUT2D eigenvalue weighted by atomic mass is 16.3. The molecule has 0 N–H and O–H groups in total. The lowest BCUT2D eigenvalue weighted by atomic mass is 9.97. The minimum Gasteiger partial charge on any atom is -0.456 e. The summed E-state index contributed by atoms with van der Waals surface area (Å²) in [4.78, 5) is 7.37. The Hall–Kier alpha value is -7.89. The highest BCUT2D eigenvalue weighted by Gasteiger charge is 2.20. The summed E-state index contributed by atoms with van der Waals surface area (Å²) in [5.41, 5.74) is 13.0. The van der Waals surface area contributed by atoms with Crippen molar-refractivity contribution in [1.82, 2.24) is 9.55 Å². The molecule has 0 aliphatic carbocycles. The van der Waals surface area contributed by atoms with Crippen LogP contribution in [0.5, 0.6) is 0 Å². The van der Waals surface area contributed by atoms with Gasteiger partial charge in [-0.2, -0.15) is 0 Å². The van der Waals surface area contributed by atoms with Gasteiger partial charge in [0.2, 0.25) is 5.89 Å². The van der Waals surface area contributed by atoms with E-state index in [1.165, 1.54) is 16.3 Å². The largest absolute Gasteiger partial charge is 0.456 e. The second kappa shape index (κ2) is 12.8. The van der Waals surface area contributed by atoms with Crippen LogP contribution in [0.3, 0.4) is 0 Å². The summed E-state index contributed by atoms with van der Waals surface area (Å²) >= 11 is 0. The van der Waals surface area contributed by atoms with Crippen LogP contribution in [-0.4, -0.2) is 9.55 Å². The average Bonchev–Trinajstić information content (AvgIpc) is 3.99.